The van der Waals surface area contributed by atoms with Crippen LogP contribution in [0.3, 0.4) is 0 Å². The van der Waals surface area contributed by atoms with Gasteiger partial charge in [0.2, 0.25) is 0 Å². The number of para-hydroxylation sites is 1. The van der Waals surface area contributed by atoms with E-state index in [0.29, 0.717) is 10.8 Å². The second-order valence-electron chi connectivity index (χ2n) is 2.80. The molecule has 0 saturated carbocycles. The first-order valence-electron chi connectivity index (χ1n) is 4.01. The van der Waals surface area contributed by atoms with E-state index in [2.05, 4.69) is 4.40 Å². The molecule has 0 bridgehead atoms. The predicted octanol–water partition coefficient (Wildman–Crippen LogP) is 1.97. The quantitative estimate of drug-likeness (QED) is 0.798. The van der Waals surface area contributed by atoms with Crippen molar-refractivity contribution in [1.82, 2.24) is 0 Å². The van der Waals surface area contributed by atoms with E-state index in [1.807, 2.05) is 0 Å². The number of sulfonamides is 1. The van der Waals surface area contributed by atoms with E-state index in [4.69, 9.17) is 16.3 Å². The van der Waals surface area contributed by atoms with Crippen molar-refractivity contribution in [2.75, 3.05) is 0 Å². The second-order valence-corrected chi connectivity index (χ2v) is 4.69. The number of allylic oxidation sites excluding steroid dienone is 1. The maximum Gasteiger partial charge on any atom is 0.279 e. The smallest absolute Gasteiger partial charge is 0.279 e. The van der Waals surface area contributed by atoms with Crippen molar-refractivity contribution in [2.24, 2.45) is 4.40 Å². The van der Waals surface area contributed by atoms with Gasteiger partial charge in [-0.3, -0.25) is 0 Å². The lowest BCUT2D eigenvalue weighted by Gasteiger charge is -2.04. The summed E-state index contributed by atoms with van der Waals surface area (Å²) in [6, 6.07) is 6.78. The number of rotatable bonds is 2. The van der Waals surface area contributed by atoms with Crippen molar-refractivity contribution >= 4 is 27.8 Å². The Labute approximate surface area is 91.9 Å². The van der Waals surface area contributed by atoms with E-state index < -0.39 is 10.0 Å². The van der Waals surface area contributed by atoms with Gasteiger partial charge in [-0.05, 0) is 12.1 Å². The van der Waals surface area contributed by atoms with Gasteiger partial charge in [-0.25, -0.2) is 0 Å². The van der Waals surface area contributed by atoms with Gasteiger partial charge in [-0.15, -0.1) is 0 Å². The number of hydrogen-bond donors (Lipinski definition) is 0. The molecule has 2 rings (SSSR count). The summed E-state index contributed by atoms with van der Waals surface area (Å²) in [5.74, 6) is 0.553. The zero-order valence-corrected chi connectivity index (χ0v) is 8.99. The normalized spacial score (nSPS) is 17.5. The van der Waals surface area contributed by atoms with Crippen LogP contribution in [0.4, 0.5) is 0 Å². The van der Waals surface area contributed by atoms with E-state index in [9.17, 15) is 8.42 Å². The Kier molecular flexibility index (Phi) is 2.50. The van der Waals surface area contributed by atoms with Crippen molar-refractivity contribution in [1.29, 1.82) is 0 Å². The third kappa shape index (κ3) is 2.37. The lowest BCUT2D eigenvalue weighted by Crippen LogP contribution is -1.94. The van der Waals surface area contributed by atoms with Crippen LogP contribution in [0, 0.1) is 0 Å². The van der Waals surface area contributed by atoms with E-state index >= 15 is 0 Å². The van der Waals surface area contributed by atoms with E-state index in [1.165, 1.54) is 0 Å². The van der Waals surface area contributed by atoms with Gasteiger partial charge in [0.25, 0.3) is 10.0 Å². The molecule has 0 spiro atoms. The fourth-order valence-corrected chi connectivity index (χ4v) is 1.93. The van der Waals surface area contributed by atoms with E-state index in [0.717, 1.165) is 11.6 Å². The van der Waals surface area contributed by atoms with Crippen molar-refractivity contribution in [3.63, 3.8) is 0 Å². The van der Waals surface area contributed by atoms with Crippen LogP contribution in [0.25, 0.3) is 0 Å². The Morgan fingerprint density at radius 3 is 2.60 bits per heavy atom. The predicted molar refractivity (Wildman–Crippen MR) is 57.6 cm³/mol. The highest BCUT2D eigenvalue weighted by atomic mass is 35.5. The summed E-state index contributed by atoms with van der Waals surface area (Å²) in [4.78, 5) is 0. The third-order valence-corrected chi connectivity index (χ3v) is 2.90. The van der Waals surface area contributed by atoms with Gasteiger partial charge >= 0.3 is 0 Å². The molecule has 1 aliphatic heterocycles. The molecule has 1 aliphatic rings. The van der Waals surface area contributed by atoms with Gasteiger partial charge in [0.05, 0.1) is 16.6 Å². The zero-order chi connectivity index (χ0) is 10.9. The summed E-state index contributed by atoms with van der Waals surface area (Å²) in [6.07, 6.45) is 1.14. The Hall–Kier alpha value is -1.33. The average molecular weight is 244 g/mol. The second kappa shape index (κ2) is 3.67. The SMILES string of the molecule is O=S1(=O)C=C(Oc2ccccc2Cl)C=N1. The molecule has 0 fully saturated rings. The zero-order valence-electron chi connectivity index (χ0n) is 7.42. The molecule has 1 aromatic rings. The fourth-order valence-electron chi connectivity index (χ4n) is 1.04. The maximum absolute atomic E-state index is 10.9. The minimum absolute atomic E-state index is 0.156. The fraction of sp³-hybridized carbons (Fsp3) is 0. The van der Waals surface area contributed by atoms with Crippen LogP contribution in [-0.4, -0.2) is 14.6 Å². The van der Waals surface area contributed by atoms with Gasteiger partial charge in [0.1, 0.15) is 5.75 Å². The summed E-state index contributed by atoms with van der Waals surface area (Å²) >= 11 is 5.83. The molecule has 0 aliphatic carbocycles. The van der Waals surface area contributed by atoms with E-state index in [-0.39, 0.29) is 5.76 Å². The number of halogens is 1. The molecule has 15 heavy (non-hydrogen) atoms. The minimum Gasteiger partial charge on any atom is -0.453 e. The molecule has 1 aromatic carbocycles. The van der Waals surface area contributed by atoms with E-state index in [1.54, 1.807) is 24.3 Å². The van der Waals surface area contributed by atoms with Gasteiger partial charge in [-0.2, -0.15) is 12.8 Å². The van der Waals surface area contributed by atoms with Crippen LogP contribution < -0.4 is 4.74 Å². The molecule has 0 amide bonds. The van der Waals surface area contributed by atoms with Crippen molar-refractivity contribution in [3.05, 3.63) is 40.5 Å². The lowest BCUT2D eigenvalue weighted by atomic mass is 10.3. The highest BCUT2D eigenvalue weighted by Crippen LogP contribution is 2.25. The topological polar surface area (TPSA) is 55.7 Å². The molecule has 0 unspecified atom stereocenters. The number of nitrogens with zero attached hydrogens (tertiary/aromatic N) is 1. The summed E-state index contributed by atoms with van der Waals surface area (Å²) in [5, 5.41) is 1.35. The van der Waals surface area contributed by atoms with Crippen LogP contribution in [0.5, 0.6) is 5.75 Å². The molecular formula is C9H6ClNO3S. The highest BCUT2D eigenvalue weighted by Gasteiger charge is 2.15. The Bertz CT molecular complexity index is 548. The summed E-state index contributed by atoms with van der Waals surface area (Å²) in [7, 11) is -3.49. The first kappa shape index (κ1) is 10.2. The largest absolute Gasteiger partial charge is 0.453 e. The van der Waals surface area contributed by atoms with Crippen LogP contribution in [0.15, 0.2) is 39.8 Å². The monoisotopic (exact) mass is 243 g/mol. The molecule has 1 heterocycles. The summed E-state index contributed by atoms with van der Waals surface area (Å²) in [6.45, 7) is 0. The highest BCUT2D eigenvalue weighted by molar-refractivity contribution is 7.93. The summed E-state index contributed by atoms with van der Waals surface area (Å²) in [5.41, 5.74) is 0. The lowest BCUT2D eigenvalue weighted by molar-refractivity contribution is 0.459. The molecule has 78 valence electrons. The molecule has 0 N–H and O–H groups in total. The maximum atomic E-state index is 10.9. The first-order chi connectivity index (χ1) is 7.07. The summed E-state index contributed by atoms with van der Waals surface area (Å²) < 4.78 is 30.4. The number of ether oxygens (including phenoxy) is 1. The molecule has 0 atom stereocenters. The molecule has 0 radical (unpaired) electrons. The minimum atomic E-state index is -3.49. The van der Waals surface area contributed by atoms with Gasteiger partial charge in [-0.1, -0.05) is 23.7 Å². The van der Waals surface area contributed by atoms with Gasteiger partial charge < -0.3 is 4.74 Å². The average Bonchev–Trinajstić information content (AvgIpc) is 2.50. The molecular weight excluding hydrogens is 238 g/mol. The number of hydrogen-bond acceptors (Lipinski definition) is 3. The van der Waals surface area contributed by atoms with Crippen LogP contribution in [-0.2, 0) is 10.0 Å². The van der Waals surface area contributed by atoms with Crippen molar-refractivity contribution in [3.8, 4) is 5.75 Å². The van der Waals surface area contributed by atoms with Crippen LogP contribution >= 0.6 is 11.6 Å². The van der Waals surface area contributed by atoms with Crippen LogP contribution in [0.2, 0.25) is 5.02 Å². The van der Waals surface area contributed by atoms with Gasteiger partial charge in [0.15, 0.2) is 5.76 Å². The molecule has 0 saturated heterocycles. The molecule has 6 heteroatoms. The van der Waals surface area contributed by atoms with Crippen molar-refractivity contribution in [2.45, 2.75) is 0 Å². The van der Waals surface area contributed by atoms with Crippen LogP contribution in [0.1, 0.15) is 0 Å². The first-order valence-corrected chi connectivity index (χ1v) is 5.89. The number of benzene rings is 1. The van der Waals surface area contributed by atoms with Gasteiger partial charge in [0, 0.05) is 0 Å². The molecule has 4 nitrogen and oxygen atoms in total. The Balaban J connectivity index is 2.26. The van der Waals surface area contributed by atoms with Crippen molar-refractivity contribution < 1.29 is 13.2 Å². The molecule has 0 aromatic heterocycles. The third-order valence-electron chi connectivity index (χ3n) is 1.66. The Morgan fingerprint density at radius 2 is 2.00 bits per heavy atom. The Morgan fingerprint density at radius 1 is 1.27 bits per heavy atom. The standard InChI is InChI=1S/C9H6ClNO3S/c10-8-3-1-2-4-9(8)14-7-5-11-15(12,13)6-7/h1-6H.